The van der Waals surface area contributed by atoms with Gasteiger partial charge >= 0.3 is 6.18 Å². The van der Waals surface area contributed by atoms with Gasteiger partial charge in [-0.15, -0.1) is 0 Å². The number of nitro groups is 1. The lowest BCUT2D eigenvalue weighted by molar-refractivity contribution is -0.385. The number of carbonyl (C=O) groups excluding carboxylic acids is 1. The number of anilines is 1. The van der Waals surface area contributed by atoms with Gasteiger partial charge in [0.25, 0.3) is 11.6 Å². The summed E-state index contributed by atoms with van der Waals surface area (Å²) in [5.41, 5.74) is -1.23. The van der Waals surface area contributed by atoms with Crippen LogP contribution in [0.15, 0.2) is 42.5 Å². The number of methoxy groups -OCH3 is 1. The van der Waals surface area contributed by atoms with Crippen LogP contribution in [0.5, 0.6) is 11.5 Å². The molecule has 0 saturated carbocycles. The summed E-state index contributed by atoms with van der Waals surface area (Å²) in [5, 5.41) is 13.2. The summed E-state index contributed by atoms with van der Waals surface area (Å²) < 4.78 is 48.6. The van der Waals surface area contributed by atoms with Crippen molar-refractivity contribution in [1.82, 2.24) is 0 Å². The number of ether oxygens (including phenoxy) is 2. The Bertz CT molecular complexity index is 855. The maximum atomic E-state index is 12.7. The van der Waals surface area contributed by atoms with Crippen molar-refractivity contribution >= 4 is 17.3 Å². The number of hydrogen-bond acceptors (Lipinski definition) is 5. The van der Waals surface area contributed by atoms with Crippen LogP contribution in [0.1, 0.15) is 12.5 Å². The number of alkyl halides is 3. The van der Waals surface area contributed by atoms with Crippen LogP contribution < -0.4 is 14.8 Å². The van der Waals surface area contributed by atoms with Gasteiger partial charge in [-0.25, -0.2) is 0 Å². The van der Waals surface area contributed by atoms with Crippen molar-refractivity contribution in [3.8, 4) is 11.5 Å². The third kappa shape index (κ3) is 5.09. The fourth-order valence-electron chi connectivity index (χ4n) is 2.13. The predicted molar refractivity (Wildman–Crippen MR) is 89.8 cm³/mol. The number of carbonyl (C=O) groups is 1. The number of non-ortho nitro benzene ring substituents is 1. The number of benzene rings is 2. The second kappa shape index (κ2) is 7.94. The highest BCUT2D eigenvalue weighted by Crippen LogP contribution is 2.33. The molecule has 7 nitrogen and oxygen atoms in total. The van der Waals surface area contributed by atoms with Crippen molar-refractivity contribution in [1.29, 1.82) is 0 Å². The third-order valence-corrected chi connectivity index (χ3v) is 3.49. The van der Waals surface area contributed by atoms with Crippen LogP contribution >= 0.6 is 0 Å². The quantitative estimate of drug-likeness (QED) is 0.600. The molecule has 2 rings (SSSR count). The molecule has 10 heteroatoms. The Morgan fingerprint density at radius 3 is 2.48 bits per heavy atom. The zero-order valence-corrected chi connectivity index (χ0v) is 14.2. The van der Waals surface area contributed by atoms with Crippen molar-refractivity contribution in [2.45, 2.75) is 19.2 Å². The lowest BCUT2D eigenvalue weighted by Crippen LogP contribution is -2.30. The summed E-state index contributed by atoms with van der Waals surface area (Å²) in [6, 6.07) is 7.74. The number of halogens is 3. The van der Waals surface area contributed by atoms with E-state index < -0.39 is 28.7 Å². The van der Waals surface area contributed by atoms with Gasteiger partial charge in [0.2, 0.25) is 0 Å². The highest BCUT2D eigenvalue weighted by atomic mass is 19.4. The molecule has 27 heavy (non-hydrogen) atoms. The average molecular weight is 384 g/mol. The summed E-state index contributed by atoms with van der Waals surface area (Å²) in [6.45, 7) is 1.35. The van der Waals surface area contributed by atoms with Gasteiger partial charge in [0.05, 0.1) is 23.7 Å². The molecule has 0 aromatic heterocycles. The molecule has 0 fully saturated rings. The average Bonchev–Trinajstić information content (AvgIpc) is 2.61. The van der Waals surface area contributed by atoms with E-state index in [0.717, 1.165) is 24.3 Å². The smallest absolute Gasteiger partial charge is 0.416 e. The Kier molecular flexibility index (Phi) is 5.88. The summed E-state index contributed by atoms with van der Waals surface area (Å²) in [5.74, 6) is -0.611. The van der Waals surface area contributed by atoms with Crippen molar-refractivity contribution < 1.29 is 32.4 Å². The summed E-state index contributed by atoms with van der Waals surface area (Å²) in [4.78, 5) is 22.4. The standard InChI is InChI=1S/C17H15F3N2O5/c1-10(27-15-9-13(22(24)25)6-7-14(15)26-2)16(23)21-12-5-3-4-11(8-12)17(18,19)20/h3-10H,1-2H3,(H,21,23). The second-order valence-electron chi connectivity index (χ2n) is 5.42. The Morgan fingerprint density at radius 2 is 1.89 bits per heavy atom. The number of nitrogens with zero attached hydrogens (tertiary/aromatic N) is 1. The Morgan fingerprint density at radius 1 is 1.19 bits per heavy atom. The van der Waals surface area contributed by atoms with Crippen molar-refractivity contribution in [3.63, 3.8) is 0 Å². The Labute approximate surface area is 151 Å². The van der Waals surface area contributed by atoms with E-state index in [9.17, 15) is 28.1 Å². The number of amides is 1. The van der Waals surface area contributed by atoms with Crippen LogP contribution in [-0.2, 0) is 11.0 Å². The normalized spacial score (nSPS) is 12.2. The minimum atomic E-state index is -4.54. The van der Waals surface area contributed by atoms with Crippen LogP contribution in [0.3, 0.4) is 0 Å². The molecule has 0 aliphatic carbocycles. The van der Waals surface area contributed by atoms with E-state index in [1.165, 1.54) is 32.2 Å². The van der Waals surface area contributed by atoms with Crippen LogP contribution in [0.25, 0.3) is 0 Å². The molecule has 144 valence electrons. The first-order valence-electron chi connectivity index (χ1n) is 7.59. The molecule has 0 spiro atoms. The zero-order valence-electron chi connectivity index (χ0n) is 14.2. The van der Waals surface area contributed by atoms with Gasteiger partial charge < -0.3 is 14.8 Å². The first-order chi connectivity index (χ1) is 12.6. The molecule has 2 aromatic carbocycles. The topological polar surface area (TPSA) is 90.7 Å². The molecule has 1 atom stereocenters. The second-order valence-corrected chi connectivity index (χ2v) is 5.42. The van der Waals surface area contributed by atoms with E-state index in [1.807, 2.05) is 0 Å². The maximum absolute atomic E-state index is 12.7. The molecule has 0 radical (unpaired) electrons. The minimum Gasteiger partial charge on any atom is -0.493 e. The first kappa shape index (κ1) is 20.0. The largest absolute Gasteiger partial charge is 0.493 e. The maximum Gasteiger partial charge on any atom is 0.416 e. The molecule has 0 aliphatic heterocycles. The SMILES string of the molecule is COc1ccc([N+](=O)[O-])cc1OC(C)C(=O)Nc1cccc(C(F)(F)F)c1. The van der Waals surface area contributed by atoms with Gasteiger partial charge in [-0.1, -0.05) is 6.07 Å². The van der Waals surface area contributed by atoms with E-state index in [-0.39, 0.29) is 22.9 Å². The Hall–Kier alpha value is -3.30. The molecule has 0 aliphatic rings. The summed E-state index contributed by atoms with van der Waals surface area (Å²) in [6.07, 6.45) is -5.70. The molecule has 0 saturated heterocycles. The van der Waals surface area contributed by atoms with Gasteiger partial charge in [-0.05, 0) is 31.2 Å². The third-order valence-electron chi connectivity index (χ3n) is 3.49. The lowest BCUT2D eigenvalue weighted by atomic mass is 10.2. The predicted octanol–water partition coefficient (Wildman–Crippen LogP) is 4.03. The van der Waals surface area contributed by atoms with E-state index in [4.69, 9.17) is 9.47 Å². The number of hydrogen-bond donors (Lipinski definition) is 1. The molecular weight excluding hydrogens is 369 g/mol. The van der Waals surface area contributed by atoms with Gasteiger partial charge in [0.15, 0.2) is 17.6 Å². The van der Waals surface area contributed by atoms with Crippen molar-refractivity contribution in [3.05, 3.63) is 58.1 Å². The number of nitrogens with one attached hydrogen (secondary N) is 1. The van der Waals surface area contributed by atoms with Gasteiger partial charge in [-0.2, -0.15) is 13.2 Å². The molecule has 0 bridgehead atoms. The van der Waals surface area contributed by atoms with E-state index in [1.54, 1.807) is 0 Å². The van der Waals surface area contributed by atoms with Gasteiger partial charge in [0, 0.05) is 11.8 Å². The fraction of sp³-hybridized carbons (Fsp3) is 0.235. The van der Waals surface area contributed by atoms with Crippen LogP contribution in [-0.4, -0.2) is 24.0 Å². The van der Waals surface area contributed by atoms with Gasteiger partial charge in [-0.3, -0.25) is 14.9 Å². The summed E-state index contributed by atoms with van der Waals surface area (Å²) in [7, 11) is 1.32. The van der Waals surface area contributed by atoms with Gasteiger partial charge in [0.1, 0.15) is 0 Å². The first-order valence-corrected chi connectivity index (χ1v) is 7.59. The van der Waals surface area contributed by atoms with E-state index in [0.29, 0.717) is 0 Å². The molecule has 1 amide bonds. The van der Waals surface area contributed by atoms with Crippen LogP contribution in [0.4, 0.5) is 24.5 Å². The van der Waals surface area contributed by atoms with Crippen molar-refractivity contribution in [2.24, 2.45) is 0 Å². The monoisotopic (exact) mass is 384 g/mol. The molecule has 2 aromatic rings. The number of nitro benzene ring substituents is 1. The van der Waals surface area contributed by atoms with Crippen molar-refractivity contribution in [2.75, 3.05) is 12.4 Å². The molecule has 1 N–H and O–H groups in total. The van der Waals surface area contributed by atoms with E-state index in [2.05, 4.69) is 5.32 Å². The Balaban J connectivity index is 2.15. The van der Waals surface area contributed by atoms with Crippen LogP contribution in [0.2, 0.25) is 0 Å². The highest BCUT2D eigenvalue weighted by molar-refractivity contribution is 5.94. The zero-order chi connectivity index (χ0) is 20.2. The lowest BCUT2D eigenvalue weighted by Gasteiger charge is -2.17. The summed E-state index contributed by atoms with van der Waals surface area (Å²) >= 11 is 0. The molecular formula is C17H15F3N2O5. The van der Waals surface area contributed by atoms with Crippen LogP contribution in [0, 0.1) is 10.1 Å². The fourth-order valence-corrected chi connectivity index (χ4v) is 2.13. The highest BCUT2D eigenvalue weighted by Gasteiger charge is 2.30. The molecule has 1 unspecified atom stereocenters. The van der Waals surface area contributed by atoms with E-state index >= 15 is 0 Å². The minimum absolute atomic E-state index is 0.0432. The molecule has 0 heterocycles. The number of rotatable bonds is 6.